The van der Waals surface area contributed by atoms with Crippen molar-refractivity contribution in [1.29, 1.82) is 0 Å². The smallest absolute Gasteiger partial charge is 0.239 e. The number of benzene rings is 2. The molecule has 1 saturated heterocycles. The van der Waals surface area contributed by atoms with Gasteiger partial charge in [-0.15, -0.1) is 0 Å². The highest BCUT2D eigenvalue weighted by Crippen LogP contribution is 2.28. The van der Waals surface area contributed by atoms with Crippen LogP contribution in [0, 0.1) is 0 Å². The van der Waals surface area contributed by atoms with E-state index in [4.69, 9.17) is 17.3 Å². The number of carbonyl (C=O) groups is 1. The number of halogens is 1. The SMILES string of the molecule is N[C@H](Cc1ccc(Cl)cc1)C(=O)N1CCN(c2ncncc2-c2ccccc2)CC1. The molecule has 2 aromatic carbocycles. The van der Waals surface area contributed by atoms with Crippen molar-refractivity contribution in [2.24, 2.45) is 5.73 Å². The van der Waals surface area contributed by atoms with Crippen LogP contribution in [0.3, 0.4) is 0 Å². The molecule has 30 heavy (non-hydrogen) atoms. The molecular formula is C23H24ClN5O. The van der Waals surface area contributed by atoms with Crippen molar-refractivity contribution >= 4 is 23.3 Å². The molecule has 1 atom stereocenters. The molecule has 0 radical (unpaired) electrons. The molecule has 1 fully saturated rings. The number of aromatic nitrogens is 2. The summed E-state index contributed by atoms with van der Waals surface area (Å²) in [4.78, 5) is 25.6. The molecule has 7 heteroatoms. The van der Waals surface area contributed by atoms with Gasteiger partial charge in [0.2, 0.25) is 5.91 Å². The van der Waals surface area contributed by atoms with Crippen LogP contribution in [0.5, 0.6) is 0 Å². The van der Waals surface area contributed by atoms with Gasteiger partial charge >= 0.3 is 0 Å². The van der Waals surface area contributed by atoms with Crippen molar-refractivity contribution in [2.45, 2.75) is 12.5 Å². The van der Waals surface area contributed by atoms with Crippen molar-refractivity contribution in [2.75, 3.05) is 31.1 Å². The van der Waals surface area contributed by atoms with Crippen molar-refractivity contribution in [3.05, 3.63) is 77.7 Å². The topological polar surface area (TPSA) is 75.4 Å². The minimum absolute atomic E-state index is 0.0180. The van der Waals surface area contributed by atoms with Gasteiger partial charge in [-0.3, -0.25) is 4.79 Å². The number of amides is 1. The van der Waals surface area contributed by atoms with Gasteiger partial charge in [0.15, 0.2) is 0 Å². The zero-order chi connectivity index (χ0) is 20.9. The molecular weight excluding hydrogens is 398 g/mol. The van der Waals surface area contributed by atoms with Crippen molar-refractivity contribution in [1.82, 2.24) is 14.9 Å². The molecule has 154 valence electrons. The Morgan fingerprint density at radius 2 is 1.73 bits per heavy atom. The maximum atomic E-state index is 12.8. The van der Waals surface area contributed by atoms with Gasteiger partial charge in [0.25, 0.3) is 0 Å². The van der Waals surface area contributed by atoms with Crippen LogP contribution in [0.25, 0.3) is 11.1 Å². The van der Waals surface area contributed by atoms with Crippen LogP contribution in [0.1, 0.15) is 5.56 Å². The van der Waals surface area contributed by atoms with Crippen LogP contribution < -0.4 is 10.6 Å². The Morgan fingerprint density at radius 3 is 2.43 bits per heavy atom. The van der Waals surface area contributed by atoms with E-state index >= 15 is 0 Å². The van der Waals surface area contributed by atoms with Gasteiger partial charge in [-0.25, -0.2) is 9.97 Å². The molecule has 0 aliphatic carbocycles. The molecule has 4 rings (SSSR count). The summed E-state index contributed by atoms with van der Waals surface area (Å²) in [6.07, 6.45) is 3.92. The van der Waals surface area contributed by atoms with Crippen LogP contribution in [0.2, 0.25) is 5.02 Å². The van der Waals surface area contributed by atoms with Crippen LogP contribution in [0.4, 0.5) is 5.82 Å². The summed E-state index contributed by atoms with van der Waals surface area (Å²) in [5, 5.41) is 0.675. The van der Waals surface area contributed by atoms with Gasteiger partial charge in [-0.05, 0) is 29.7 Å². The maximum Gasteiger partial charge on any atom is 0.239 e. The Bertz CT molecular complexity index is 988. The second-order valence-electron chi connectivity index (χ2n) is 7.38. The number of rotatable bonds is 5. The average molecular weight is 422 g/mol. The van der Waals surface area contributed by atoms with Gasteiger partial charge < -0.3 is 15.5 Å². The van der Waals surface area contributed by atoms with Crippen molar-refractivity contribution in [3.63, 3.8) is 0 Å². The van der Waals surface area contributed by atoms with Crippen LogP contribution in [-0.2, 0) is 11.2 Å². The summed E-state index contributed by atoms with van der Waals surface area (Å²) in [6, 6.07) is 17.0. The van der Waals surface area contributed by atoms with E-state index in [0.29, 0.717) is 37.6 Å². The Morgan fingerprint density at radius 1 is 1.03 bits per heavy atom. The normalized spacial score (nSPS) is 15.1. The van der Waals surface area contributed by atoms with Gasteiger partial charge in [-0.1, -0.05) is 54.1 Å². The Hall–Kier alpha value is -2.96. The number of hydrogen-bond acceptors (Lipinski definition) is 5. The number of nitrogens with two attached hydrogens (primary N) is 1. The first kappa shape index (κ1) is 20.3. The van der Waals surface area contributed by atoms with E-state index in [0.717, 1.165) is 22.5 Å². The summed E-state index contributed by atoms with van der Waals surface area (Å²) in [5.41, 5.74) is 9.29. The first-order valence-corrected chi connectivity index (χ1v) is 10.4. The zero-order valence-electron chi connectivity index (χ0n) is 16.6. The molecule has 0 saturated carbocycles. The minimum atomic E-state index is -0.559. The van der Waals surface area contributed by atoms with Gasteiger partial charge in [-0.2, -0.15) is 0 Å². The zero-order valence-corrected chi connectivity index (χ0v) is 17.4. The maximum absolute atomic E-state index is 12.8. The lowest BCUT2D eigenvalue weighted by molar-refractivity contribution is -0.132. The first-order valence-electron chi connectivity index (χ1n) is 10.0. The standard InChI is InChI=1S/C23H24ClN5O/c24-19-8-6-17(7-9-19)14-21(25)23(30)29-12-10-28(11-13-29)22-20(15-26-16-27-22)18-4-2-1-3-5-18/h1-9,15-16,21H,10-14,25H2/t21-/m1/s1. The second-order valence-corrected chi connectivity index (χ2v) is 7.81. The number of piperazine rings is 1. The largest absolute Gasteiger partial charge is 0.352 e. The lowest BCUT2D eigenvalue weighted by Crippen LogP contribution is -2.54. The van der Waals surface area contributed by atoms with Crippen molar-refractivity contribution < 1.29 is 4.79 Å². The lowest BCUT2D eigenvalue weighted by Gasteiger charge is -2.37. The molecule has 1 aliphatic heterocycles. The van der Waals surface area contributed by atoms with Crippen LogP contribution >= 0.6 is 11.6 Å². The third kappa shape index (κ3) is 4.61. The van der Waals surface area contributed by atoms with E-state index < -0.39 is 6.04 Å². The Balaban J connectivity index is 1.39. The van der Waals surface area contributed by atoms with Gasteiger partial charge in [0.05, 0.1) is 6.04 Å². The number of carbonyl (C=O) groups excluding carboxylic acids is 1. The van der Waals surface area contributed by atoms with E-state index in [1.807, 2.05) is 53.6 Å². The molecule has 2 N–H and O–H groups in total. The monoisotopic (exact) mass is 421 g/mol. The molecule has 0 unspecified atom stereocenters. The molecule has 1 aliphatic rings. The fraction of sp³-hybridized carbons (Fsp3) is 0.261. The minimum Gasteiger partial charge on any atom is -0.352 e. The second kappa shape index (κ2) is 9.24. The highest BCUT2D eigenvalue weighted by Gasteiger charge is 2.27. The molecule has 1 amide bonds. The first-order chi connectivity index (χ1) is 14.6. The average Bonchev–Trinajstić information content (AvgIpc) is 2.81. The fourth-order valence-electron chi connectivity index (χ4n) is 3.73. The van der Waals surface area contributed by atoms with Gasteiger partial charge in [0.1, 0.15) is 12.1 Å². The third-order valence-electron chi connectivity index (χ3n) is 5.35. The highest BCUT2D eigenvalue weighted by molar-refractivity contribution is 6.30. The molecule has 6 nitrogen and oxygen atoms in total. The molecule has 0 spiro atoms. The predicted octanol–water partition coefficient (Wildman–Crippen LogP) is 3.02. The molecule has 2 heterocycles. The van der Waals surface area contributed by atoms with E-state index in [2.05, 4.69) is 27.0 Å². The Labute approximate surface area is 181 Å². The lowest BCUT2D eigenvalue weighted by atomic mass is 10.0. The van der Waals surface area contributed by atoms with E-state index in [-0.39, 0.29) is 5.91 Å². The third-order valence-corrected chi connectivity index (χ3v) is 5.60. The van der Waals surface area contributed by atoms with E-state index in [9.17, 15) is 4.79 Å². The summed E-state index contributed by atoms with van der Waals surface area (Å²) in [5.74, 6) is 0.879. The van der Waals surface area contributed by atoms with Crippen LogP contribution in [0.15, 0.2) is 67.1 Å². The molecule has 0 bridgehead atoms. The highest BCUT2D eigenvalue weighted by atomic mass is 35.5. The predicted molar refractivity (Wildman–Crippen MR) is 119 cm³/mol. The summed E-state index contributed by atoms with van der Waals surface area (Å²) in [6.45, 7) is 2.64. The molecule has 1 aromatic heterocycles. The molecule has 3 aromatic rings. The van der Waals surface area contributed by atoms with Crippen LogP contribution in [-0.4, -0.2) is 53.0 Å². The van der Waals surface area contributed by atoms with Crippen molar-refractivity contribution in [3.8, 4) is 11.1 Å². The number of nitrogens with zero attached hydrogens (tertiary/aromatic N) is 4. The van der Waals surface area contributed by atoms with E-state index in [1.165, 1.54) is 0 Å². The summed E-state index contributed by atoms with van der Waals surface area (Å²) < 4.78 is 0. The Kier molecular flexibility index (Phi) is 6.26. The fourth-order valence-corrected chi connectivity index (χ4v) is 3.86. The number of anilines is 1. The number of hydrogen-bond donors (Lipinski definition) is 1. The summed E-state index contributed by atoms with van der Waals surface area (Å²) in [7, 11) is 0. The summed E-state index contributed by atoms with van der Waals surface area (Å²) >= 11 is 5.93. The van der Waals surface area contributed by atoms with Gasteiger partial charge in [0, 0.05) is 43.0 Å². The van der Waals surface area contributed by atoms with E-state index in [1.54, 1.807) is 6.33 Å². The quantitative estimate of drug-likeness (QED) is 0.685.